The van der Waals surface area contributed by atoms with Gasteiger partial charge in [-0.1, -0.05) is 26.2 Å². The minimum atomic E-state index is -1.21. The number of ether oxygens (including phenoxy) is 1. The van der Waals surface area contributed by atoms with Crippen LogP contribution in [0.4, 0.5) is 0 Å². The number of unbranched alkanes of at least 4 members (excludes halogenated alkanes) is 4. The lowest BCUT2D eigenvalue weighted by Gasteiger charge is -2.42. The molecule has 0 fully saturated rings. The highest BCUT2D eigenvalue weighted by molar-refractivity contribution is 5.69. The van der Waals surface area contributed by atoms with Gasteiger partial charge in [0.1, 0.15) is 19.1 Å². The van der Waals surface area contributed by atoms with Gasteiger partial charge in [-0.3, -0.25) is 4.48 Å². The summed E-state index contributed by atoms with van der Waals surface area (Å²) in [6.07, 6.45) is 9.15. The highest BCUT2D eigenvalue weighted by atomic mass is 16.5. The van der Waals surface area contributed by atoms with E-state index in [1.807, 2.05) is 6.08 Å². The van der Waals surface area contributed by atoms with Gasteiger partial charge in [0.05, 0.1) is 25.4 Å². The third-order valence-corrected chi connectivity index (χ3v) is 4.00. The van der Waals surface area contributed by atoms with Gasteiger partial charge in [0.2, 0.25) is 6.73 Å². The zero-order valence-electron chi connectivity index (χ0n) is 13.9. The molecule has 6 nitrogen and oxygen atoms in total. The van der Waals surface area contributed by atoms with E-state index in [0.717, 1.165) is 12.8 Å². The molecule has 1 unspecified atom stereocenters. The van der Waals surface area contributed by atoms with E-state index in [-0.39, 0.29) is 37.5 Å². The Balaban J connectivity index is 4.45. The number of aliphatic hydroxyl groups excluding tert-OH is 2. The van der Waals surface area contributed by atoms with Crippen molar-refractivity contribution in [2.75, 3.05) is 33.0 Å². The molecule has 0 aromatic carbocycles. The third-order valence-electron chi connectivity index (χ3n) is 4.00. The first kappa shape index (κ1) is 20.9. The van der Waals surface area contributed by atoms with Crippen LogP contribution in [0, 0.1) is 0 Å². The van der Waals surface area contributed by atoms with E-state index >= 15 is 0 Å². The van der Waals surface area contributed by atoms with Gasteiger partial charge in [0.15, 0.2) is 0 Å². The molecule has 0 saturated heterocycles. The summed E-state index contributed by atoms with van der Waals surface area (Å²) in [7, 11) is 0. The van der Waals surface area contributed by atoms with E-state index in [9.17, 15) is 20.1 Å². The molecule has 1 atom stereocenters. The minimum absolute atomic E-state index is 0.0600. The van der Waals surface area contributed by atoms with E-state index in [2.05, 4.69) is 6.92 Å². The molecule has 130 valence electrons. The Hall–Kier alpha value is -1.11. The van der Waals surface area contributed by atoms with Crippen molar-refractivity contribution < 1.29 is 29.3 Å². The predicted octanol–water partition coefficient (Wildman–Crippen LogP) is 0.384. The van der Waals surface area contributed by atoms with Crippen LogP contribution in [0.25, 0.3) is 0 Å². The summed E-state index contributed by atoms with van der Waals surface area (Å²) in [5, 5.41) is 29.6. The monoisotopic (exact) mass is 317 g/mol. The van der Waals surface area contributed by atoms with Crippen molar-refractivity contribution >= 4 is 5.97 Å². The Morgan fingerprint density at radius 2 is 1.86 bits per heavy atom. The first-order chi connectivity index (χ1) is 10.5. The van der Waals surface area contributed by atoms with Gasteiger partial charge < -0.3 is 24.9 Å². The summed E-state index contributed by atoms with van der Waals surface area (Å²) in [6, 6.07) is -0.864. The Morgan fingerprint density at radius 1 is 1.23 bits per heavy atom. The van der Waals surface area contributed by atoms with Crippen LogP contribution in [-0.4, -0.2) is 59.7 Å². The van der Waals surface area contributed by atoms with E-state index in [1.54, 1.807) is 6.26 Å². The molecule has 0 aromatic rings. The molecule has 6 heteroatoms. The van der Waals surface area contributed by atoms with Crippen LogP contribution in [0.1, 0.15) is 46.0 Å². The van der Waals surface area contributed by atoms with Crippen LogP contribution in [0.3, 0.4) is 0 Å². The molecule has 0 amide bonds. The molecule has 0 radical (unpaired) electrons. The van der Waals surface area contributed by atoms with Crippen molar-refractivity contribution in [3.8, 4) is 0 Å². The summed E-state index contributed by atoms with van der Waals surface area (Å²) >= 11 is 0. The standard InChI is InChI=1S/C16H31NO5/c1-3-4-5-6-7-8-13-22-14-17(9-11-18,10-12-19)15(2)16(20)21/h8,13,15,18-19H,3-7,9-12,14H2,1-2H3/b13-8+. The number of carboxylic acid groups (broad SMARTS) is 1. The smallest absolute Gasteiger partial charge is 0.223 e. The second-order valence-electron chi connectivity index (χ2n) is 5.62. The zero-order chi connectivity index (χ0) is 16.8. The van der Waals surface area contributed by atoms with Crippen LogP contribution in [0.2, 0.25) is 0 Å². The average Bonchev–Trinajstić information content (AvgIpc) is 2.49. The normalized spacial score (nSPS) is 13.5. The molecule has 0 aliphatic rings. The Labute approximate surface area is 133 Å². The second kappa shape index (κ2) is 12.4. The lowest BCUT2D eigenvalue weighted by molar-refractivity contribution is -0.959. The fraction of sp³-hybridized carbons (Fsp3) is 0.812. The first-order valence-corrected chi connectivity index (χ1v) is 8.09. The van der Waals surface area contributed by atoms with E-state index in [4.69, 9.17) is 4.74 Å². The summed E-state index contributed by atoms with van der Waals surface area (Å²) < 4.78 is 5.40. The molecule has 0 aliphatic carbocycles. The first-order valence-electron chi connectivity index (χ1n) is 8.09. The van der Waals surface area contributed by atoms with Gasteiger partial charge in [-0.05, 0) is 25.8 Å². The maximum absolute atomic E-state index is 11.2. The Morgan fingerprint density at radius 3 is 2.36 bits per heavy atom. The van der Waals surface area contributed by atoms with E-state index in [1.165, 1.54) is 26.2 Å². The topological polar surface area (TPSA) is 89.8 Å². The van der Waals surface area contributed by atoms with E-state index in [0.29, 0.717) is 0 Å². The predicted molar refractivity (Wildman–Crippen MR) is 82.5 cm³/mol. The van der Waals surface area contributed by atoms with Crippen LogP contribution < -0.4 is 5.11 Å². The van der Waals surface area contributed by atoms with Gasteiger partial charge in [0, 0.05) is 0 Å². The highest BCUT2D eigenvalue weighted by Gasteiger charge is 2.34. The minimum Gasteiger partial charge on any atom is -0.544 e. The SMILES string of the molecule is CCCCCC/C=C/OC[N+](CCO)(CCO)C(C)C(=O)[O-]. The second-order valence-corrected chi connectivity index (χ2v) is 5.62. The Kier molecular flexibility index (Phi) is 11.8. The molecule has 0 bridgehead atoms. The molecule has 0 heterocycles. The van der Waals surface area contributed by atoms with Crippen molar-refractivity contribution in [2.24, 2.45) is 0 Å². The number of rotatable bonds is 14. The maximum Gasteiger partial charge on any atom is 0.223 e. The number of aliphatic carboxylic acids is 1. The number of hydrogen-bond donors (Lipinski definition) is 2. The van der Waals surface area contributed by atoms with Gasteiger partial charge in [-0.15, -0.1) is 0 Å². The molecule has 0 saturated carbocycles. The fourth-order valence-corrected chi connectivity index (χ4v) is 2.38. The van der Waals surface area contributed by atoms with Gasteiger partial charge in [0.25, 0.3) is 0 Å². The number of quaternary nitrogens is 1. The van der Waals surface area contributed by atoms with Gasteiger partial charge in [-0.2, -0.15) is 0 Å². The van der Waals surface area contributed by atoms with Crippen molar-refractivity contribution in [3.63, 3.8) is 0 Å². The molecule has 2 N–H and O–H groups in total. The van der Waals surface area contributed by atoms with Crippen LogP contribution >= 0.6 is 0 Å². The van der Waals surface area contributed by atoms with Crippen molar-refractivity contribution in [1.82, 2.24) is 0 Å². The number of nitrogens with zero attached hydrogens (tertiary/aromatic N) is 1. The number of carboxylic acids is 1. The Bertz CT molecular complexity index is 314. The molecule has 0 rings (SSSR count). The summed E-state index contributed by atoms with van der Waals surface area (Å²) in [4.78, 5) is 11.2. The number of aliphatic hydroxyl groups is 2. The van der Waals surface area contributed by atoms with Gasteiger partial charge in [-0.25, -0.2) is 0 Å². The molecule has 0 aromatic heterocycles. The van der Waals surface area contributed by atoms with Crippen molar-refractivity contribution in [3.05, 3.63) is 12.3 Å². The summed E-state index contributed by atoms with van der Waals surface area (Å²) in [5.74, 6) is -1.21. The highest BCUT2D eigenvalue weighted by Crippen LogP contribution is 2.14. The molecule has 0 spiro atoms. The largest absolute Gasteiger partial charge is 0.544 e. The number of allylic oxidation sites excluding steroid dienone is 1. The lowest BCUT2D eigenvalue weighted by Crippen LogP contribution is -2.63. The number of carbonyl (C=O) groups excluding carboxylic acids is 1. The molecule has 0 aliphatic heterocycles. The summed E-state index contributed by atoms with van der Waals surface area (Å²) in [5.41, 5.74) is 0. The third kappa shape index (κ3) is 7.77. The van der Waals surface area contributed by atoms with Crippen LogP contribution in [0.15, 0.2) is 12.3 Å². The van der Waals surface area contributed by atoms with Crippen molar-refractivity contribution in [2.45, 2.75) is 52.0 Å². The number of carbonyl (C=O) groups is 1. The average molecular weight is 317 g/mol. The lowest BCUT2D eigenvalue weighted by atomic mass is 10.1. The van der Waals surface area contributed by atoms with Crippen LogP contribution in [-0.2, 0) is 9.53 Å². The number of hydrogen-bond acceptors (Lipinski definition) is 5. The fourth-order valence-electron chi connectivity index (χ4n) is 2.38. The molecular weight excluding hydrogens is 286 g/mol. The van der Waals surface area contributed by atoms with Crippen molar-refractivity contribution in [1.29, 1.82) is 0 Å². The summed E-state index contributed by atoms with van der Waals surface area (Å²) in [6.45, 7) is 3.79. The zero-order valence-corrected chi connectivity index (χ0v) is 13.9. The van der Waals surface area contributed by atoms with Gasteiger partial charge >= 0.3 is 0 Å². The van der Waals surface area contributed by atoms with E-state index < -0.39 is 12.0 Å². The quantitative estimate of drug-likeness (QED) is 0.209. The maximum atomic E-state index is 11.2. The molecular formula is C16H31NO5. The molecule has 22 heavy (non-hydrogen) atoms. The van der Waals surface area contributed by atoms with Crippen LogP contribution in [0.5, 0.6) is 0 Å².